The molecule has 1 saturated heterocycles. The van der Waals surface area contributed by atoms with Crippen LogP contribution in [0.2, 0.25) is 0 Å². The maximum absolute atomic E-state index is 12.7. The number of carbonyl (C=O) groups excluding carboxylic acids is 2. The van der Waals surface area contributed by atoms with E-state index in [4.69, 9.17) is 0 Å². The Bertz CT molecular complexity index is 667. The first-order chi connectivity index (χ1) is 10.2. The molecular formula is C16H16N2O2S. The smallest absolute Gasteiger partial charge is 0.264 e. The summed E-state index contributed by atoms with van der Waals surface area (Å²) in [6.07, 6.45) is 0. The van der Waals surface area contributed by atoms with E-state index < -0.39 is 6.04 Å². The van der Waals surface area contributed by atoms with Crippen LogP contribution in [-0.4, -0.2) is 29.8 Å². The Morgan fingerprint density at radius 3 is 2.81 bits per heavy atom. The predicted molar refractivity (Wildman–Crippen MR) is 82.3 cm³/mol. The normalized spacial score (nSPS) is 18.4. The number of amides is 2. The topological polar surface area (TPSA) is 49.4 Å². The van der Waals surface area contributed by atoms with Crippen LogP contribution in [0.25, 0.3) is 0 Å². The molecule has 2 aromatic rings. The summed E-state index contributed by atoms with van der Waals surface area (Å²) >= 11 is 1.40. The summed E-state index contributed by atoms with van der Waals surface area (Å²) < 4.78 is 0. The molecule has 21 heavy (non-hydrogen) atoms. The third kappa shape index (κ3) is 2.56. The zero-order valence-electron chi connectivity index (χ0n) is 11.7. The van der Waals surface area contributed by atoms with Gasteiger partial charge in [-0.3, -0.25) is 9.59 Å². The average molecular weight is 300 g/mol. The van der Waals surface area contributed by atoms with Crippen molar-refractivity contribution >= 4 is 23.2 Å². The van der Waals surface area contributed by atoms with Crippen LogP contribution < -0.4 is 5.32 Å². The number of benzene rings is 1. The fourth-order valence-corrected chi connectivity index (χ4v) is 3.31. The molecule has 1 atom stereocenters. The molecule has 0 aliphatic carbocycles. The summed E-state index contributed by atoms with van der Waals surface area (Å²) in [5.74, 6) is -0.187. The minimum atomic E-state index is -0.547. The van der Waals surface area contributed by atoms with Gasteiger partial charge in [0, 0.05) is 13.1 Å². The first-order valence-corrected chi connectivity index (χ1v) is 7.74. The predicted octanol–water partition coefficient (Wildman–Crippen LogP) is 2.37. The van der Waals surface area contributed by atoms with E-state index >= 15 is 0 Å². The first-order valence-electron chi connectivity index (χ1n) is 6.86. The van der Waals surface area contributed by atoms with Gasteiger partial charge < -0.3 is 10.2 Å². The molecule has 1 unspecified atom stereocenters. The second-order valence-electron chi connectivity index (χ2n) is 5.03. The zero-order chi connectivity index (χ0) is 14.8. The van der Waals surface area contributed by atoms with Crippen molar-refractivity contribution in [3.05, 3.63) is 57.8 Å². The molecule has 1 aromatic heterocycles. The van der Waals surface area contributed by atoms with Crippen LogP contribution in [0, 0.1) is 6.92 Å². The Labute approximate surface area is 127 Å². The van der Waals surface area contributed by atoms with Crippen LogP contribution >= 0.6 is 11.3 Å². The number of thiophene rings is 1. The van der Waals surface area contributed by atoms with E-state index in [-0.39, 0.29) is 11.8 Å². The van der Waals surface area contributed by atoms with Crippen molar-refractivity contribution < 1.29 is 9.59 Å². The molecule has 1 aliphatic heterocycles. The van der Waals surface area contributed by atoms with Gasteiger partial charge in [0.05, 0.1) is 4.88 Å². The minimum absolute atomic E-state index is 0.0758. The lowest BCUT2D eigenvalue weighted by Gasteiger charge is -2.35. The summed E-state index contributed by atoms with van der Waals surface area (Å²) in [6, 6.07) is 10.8. The van der Waals surface area contributed by atoms with Gasteiger partial charge in [0.25, 0.3) is 5.91 Å². The number of aryl methyl sites for hydroxylation is 1. The maximum atomic E-state index is 12.7. The molecule has 0 radical (unpaired) electrons. The minimum Gasteiger partial charge on any atom is -0.352 e. The third-order valence-electron chi connectivity index (χ3n) is 3.69. The Hall–Kier alpha value is -2.14. The number of hydrogen-bond acceptors (Lipinski definition) is 3. The third-order valence-corrected chi connectivity index (χ3v) is 4.55. The summed E-state index contributed by atoms with van der Waals surface area (Å²) in [7, 11) is 0. The fraction of sp³-hybridized carbons (Fsp3) is 0.250. The highest BCUT2D eigenvalue weighted by molar-refractivity contribution is 7.12. The van der Waals surface area contributed by atoms with Gasteiger partial charge >= 0.3 is 0 Å². The number of carbonyl (C=O) groups is 2. The van der Waals surface area contributed by atoms with Gasteiger partial charge in [-0.2, -0.15) is 0 Å². The van der Waals surface area contributed by atoms with E-state index in [1.807, 2.05) is 42.6 Å². The van der Waals surface area contributed by atoms with Gasteiger partial charge in [-0.05, 0) is 29.5 Å². The lowest BCUT2D eigenvalue weighted by molar-refractivity contribution is -0.128. The van der Waals surface area contributed by atoms with E-state index in [1.54, 1.807) is 11.0 Å². The molecule has 108 valence electrons. The van der Waals surface area contributed by atoms with Crippen LogP contribution in [0.4, 0.5) is 0 Å². The van der Waals surface area contributed by atoms with E-state index in [0.29, 0.717) is 18.0 Å². The first kappa shape index (κ1) is 13.8. The van der Waals surface area contributed by atoms with Crippen LogP contribution in [0.3, 0.4) is 0 Å². The van der Waals surface area contributed by atoms with E-state index in [1.165, 1.54) is 11.3 Å². The van der Waals surface area contributed by atoms with Crippen molar-refractivity contribution in [2.24, 2.45) is 0 Å². The van der Waals surface area contributed by atoms with E-state index in [9.17, 15) is 9.59 Å². The maximum Gasteiger partial charge on any atom is 0.264 e. The lowest BCUT2D eigenvalue weighted by Crippen LogP contribution is -2.52. The van der Waals surface area contributed by atoms with Crippen LogP contribution in [0.5, 0.6) is 0 Å². The highest BCUT2D eigenvalue weighted by atomic mass is 32.1. The molecule has 0 bridgehead atoms. The molecule has 5 heteroatoms. The standard InChI is InChI=1S/C16H16N2O2S/c1-11-5-2-3-6-12(11)14-15(19)17-8-9-18(14)16(20)13-7-4-10-21-13/h2-7,10,14H,8-9H2,1H3,(H,17,19). The van der Waals surface area contributed by atoms with Crippen LogP contribution in [0.1, 0.15) is 26.8 Å². The molecule has 1 aliphatic rings. The highest BCUT2D eigenvalue weighted by Gasteiger charge is 2.35. The SMILES string of the molecule is Cc1ccccc1C1C(=O)NCCN1C(=O)c1cccs1. The van der Waals surface area contributed by atoms with Crippen molar-refractivity contribution in [1.29, 1.82) is 0 Å². The highest BCUT2D eigenvalue weighted by Crippen LogP contribution is 2.28. The van der Waals surface area contributed by atoms with Crippen molar-refractivity contribution in [2.75, 3.05) is 13.1 Å². The summed E-state index contributed by atoms with van der Waals surface area (Å²) in [4.78, 5) is 27.3. The van der Waals surface area contributed by atoms with Crippen LogP contribution in [-0.2, 0) is 4.79 Å². The largest absolute Gasteiger partial charge is 0.352 e. The number of rotatable bonds is 2. The molecule has 1 N–H and O–H groups in total. The number of nitrogens with zero attached hydrogens (tertiary/aromatic N) is 1. The lowest BCUT2D eigenvalue weighted by atomic mass is 9.97. The second kappa shape index (κ2) is 5.69. The van der Waals surface area contributed by atoms with Gasteiger partial charge in [0.15, 0.2) is 0 Å². The van der Waals surface area contributed by atoms with Crippen molar-refractivity contribution in [3.63, 3.8) is 0 Å². The monoisotopic (exact) mass is 300 g/mol. The van der Waals surface area contributed by atoms with Gasteiger partial charge in [0.1, 0.15) is 6.04 Å². The molecule has 3 rings (SSSR count). The molecule has 1 fully saturated rings. The molecule has 2 amide bonds. The number of hydrogen-bond donors (Lipinski definition) is 1. The number of piperazine rings is 1. The molecular weight excluding hydrogens is 284 g/mol. The Kier molecular flexibility index (Phi) is 3.75. The quantitative estimate of drug-likeness (QED) is 0.925. The molecule has 0 saturated carbocycles. The second-order valence-corrected chi connectivity index (χ2v) is 5.97. The van der Waals surface area contributed by atoms with Crippen molar-refractivity contribution in [1.82, 2.24) is 10.2 Å². The molecule has 0 spiro atoms. The van der Waals surface area contributed by atoms with E-state index in [0.717, 1.165) is 11.1 Å². The van der Waals surface area contributed by atoms with Crippen LogP contribution in [0.15, 0.2) is 41.8 Å². The molecule has 4 nitrogen and oxygen atoms in total. The Morgan fingerprint density at radius 2 is 2.10 bits per heavy atom. The molecule has 2 heterocycles. The number of nitrogens with one attached hydrogen (secondary N) is 1. The summed E-state index contributed by atoms with van der Waals surface area (Å²) in [5, 5.41) is 4.73. The zero-order valence-corrected chi connectivity index (χ0v) is 12.5. The van der Waals surface area contributed by atoms with E-state index in [2.05, 4.69) is 5.32 Å². The summed E-state index contributed by atoms with van der Waals surface area (Å²) in [5.41, 5.74) is 1.91. The van der Waals surface area contributed by atoms with Gasteiger partial charge in [-0.25, -0.2) is 0 Å². The van der Waals surface area contributed by atoms with Crippen molar-refractivity contribution in [3.8, 4) is 0 Å². The van der Waals surface area contributed by atoms with Gasteiger partial charge in [-0.1, -0.05) is 30.3 Å². The van der Waals surface area contributed by atoms with Gasteiger partial charge in [-0.15, -0.1) is 11.3 Å². The average Bonchev–Trinajstić information content (AvgIpc) is 3.01. The Morgan fingerprint density at radius 1 is 1.29 bits per heavy atom. The van der Waals surface area contributed by atoms with Crippen molar-refractivity contribution in [2.45, 2.75) is 13.0 Å². The summed E-state index contributed by atoms with van der Waals surface area (Å²) in [6.45, 7) is 2.99. The Balaban J connectivity index is 1.99. The fourth-order valence-electron chi connectivity index (χ4n) is 2.63. The molecule has 1 aromatic carbocycles. The van der Waals surface area contributed by atoms with Gasteiger partial charge in [0.2, 0.25) is 5.91 Å².